The van der Waals surface area contributed by atoms with Crippen molar-refractivity contribution < 1.29 is 4.42 Å². The minimum absolute atomic E-state index is 0.605. The molecule has 0 amide bonds. The molecule has 0 saturated heterocycles. The molecular formula is C14H10ClNO. The average Bonchev–Trinajstić information content (AvgIpc) is 2.72. The second-order valence-electron chi connectivity index (χ2n) is 4.00. The summed E-state index contributed by atoms with van der Waals surface area (Å²) < 4.78 is 5.69. The van der Waals surface area contributed by atoms with Crippen LogP contribution in [0.5, 0.6) is 0 Å². The van der Waals surface area contributed by atoms with Crippen LogP contribution in [0.1, 0.15) is 5.56 Å². The highest BCUT2D eigenvalue weighted by molar-refractivity contribution is 6.30. The first-order valence-electron chi connectivity index (χ1n) is 5.35. The molecule has 0 spiro atoms. The van der Waals surface area contributed by atoms with Crippen LogP contribution in [-0.2, 0) is 0 Å². The van der Waals surface area contributed by atoms with Crippen molar-refractivity contribution >= 4 is 22.7 Å². The lowest BCUT2D eigenvalue weighted by atomic mass is 10.2. The molecule has 0 bridgehead atoms. The maximum Gasteiger partial charge on any atom is 0.227 e. The quantitative estimate of drug-likeness (QED) is 0.631. The smallest absolute Gasteiger partial charge is 0.227 e. The van der Waals surface area contributed by atoms with Crippen LogP contribution in [0.25, 0.3) is 22.6 Å². The molecule has 0 fully saturated rings. The summed E-state index contributed by atoms with van der Waals surface area (Å²) in [4.78, 5) is 4.46. The molecule has 0 saturated carbocycles. The van der Waals surface area contributed by atoms with Crippen LogP contribution in [-0.4, -0.2) is 4.98 Å². The molecule has 3 rings (SSSR count). The third kappa shape index (κ3) is 1.92. The topological polar surface area (TPSA) is 26.0 Å². The number of rotatable bonds is 1. The molecule has 0 aliphatic heterocycles. The van der Waals surface area contributed by atoms with Crippen LogP contribution >= 0.6 is 11.6 Å². The van der Waals surface area contributed by atoms with E-state index in [1.165, 1.54) is 5.56 Å². The maximum absolute atomic E-state index is 5.95. The van der Waals surface area contributed by atoms with Crippen LogP contribution in [0.2, 0.25) is 5.02 Å². The number of oxazole rings is 1. The second-order valence-corrected chi connectivity index (χ2v) is 4.44. The summed E-state index contributed by atoms with van der Waals surface area (Å²) >= 11 is 5.95. The van der Waals surface area contributed by atoms with Crippen molar-refractivity contribution in [1.82, 2.24) is 4.98 Å². The van der Waals surface area contributed by atoms with E-state index in [0.717, 1.165) is 16.7 Å². The van der Waals surface area contributed by atoms with Crippen molar-refractivity contribution in [2.75, 3.05) is 0 Å². The molecule has 0 N–H and O–H groups in total. The fourth-order valence-electron chi connectivity index (χ4n) is 1.78. The number of nitrogens with zero attached hydrogens (tertiary/aromatic N) is 1. The standard InChI is InChI=1S/C14H10ClNO/c1-9-5-6-13-12(7-9)16-14(17-13)10-3-2-4-11(15)8-10/h2-8H,1H3. The Labute approximate surface area is 104 Å². The van der Waals surface area contributed by atoms with Gasteiger partial charge in [-0.2, -0.15) is 0 Å². The zero-order valence-corrected chi connectivity index (χ0v) is 10.0. The molecule has 17 heavy (non-hydrogen) atoms. The summed E-state index contributed by atoms with van der Waals surface area (Å²) in [7, 11) is 0. The summed E-state index contributed by atoms with van der Waals surface area (Å²) in [6.45, 7) is 2.03. The van der Waals surface area contributed by atoms with Gasteiger partial charge >= 0.3 is 0 Å². The zero-order chi connectivity index (χ0) is 11.8. The van der Waals surface area contributed by atoms with E-state index in [4.69, 9.17) is 16.0 Å². The van der Waals surface area contributed by atoms with Crippen molar-refractivity contribution in [2.45, 2.75) is 6.92 Å². The summed E-state index contributed by atoms with van der Waals surface area (Å²) in [5.74, 6) is 0.605. The van der Waals surface area contributed by atoms with Crippen molar-refractivity contribution in [3.63, 3.8) is 0 Å². The summed E-state index contributed by atoms with van der Waals surface area (Å²) in [5, 5.41) is 0.681. The Morgan fingerprint density at radius 2 is 2.00 bits per heavy atom. The number of aryl methyl sites for hydroxylation is 1. The first-order valence-corrected chi connectivity index (χ1v) is 5.73. The van der Waals surface area contributed by atoms with Crippen molar-refractivity contribution in [3.8, 4) is 11.5 Å². The van der Waals surface area contributed by atoms with Gasteiger partial charge in [0.1, 0.15) is 5.52 Å². The van der Waals surface area contributed by atoms with Gasteiger partial charge in [0, 0.05) is 10.6 Å². The van der Waals surface area contributed by atoms with E-state index in [-0.39, 0.29) is 0 Å². The minimum atomic E-state index is 0.605. The normalized spacial score (nSPS) is 10.9. The lowest BCUT2D eigenvalue weighted by Gasteiger charge is -1.94. The van der Waals surface area contributed by atoms with Gasteiger partial charge in [0.25, 0.3) is 0 Å². The van der Waals surface area contributed by atoms with Gasteiger partial charge in [-0.1, -0.05) is 23.7 Å². The third-order valence-corrected chi connectivity index (χ3v) is 2.85. The van der Waals surface area contributed by atoms with E-state index < -0.39 is 0 Å². The van der Waals surface area contributed by atoms with Crippen LogP contribution < -0.4 is 0 Å². The van der Waals surface area contributed by atoms with E-state index >= 15 is 0 Å². The third-order valence-electron chi connectivity index (χ3n) is 2.61. The lowest BCUT2D eigenvalue weighted by molar-refractivity contribution is 0.620. The van der Waals surface area contributed by atoms with Gasteiger partial charge in [-0.3, -0.25) is 0 Å². The number of fused-ring (bicyclic) bond motifs is 1. The van der Waals surface area contributed by atoms with E-state index in [2.05, 4.69) is 4.98 Å². The molecule has 3 heteroatoms. The van der Waals surface area contributed by atoms with E-state index in [1.807, 2.05) is 49.4 Å². The maximum atomic E-state index is 5.95. The lowest BCUT2D eigenvalue weighted by Crippen LogP contribution is -1.76. The minimum Gasteiger partial charge on any atom is -0.436 e. The fourth-order valence-corrected chi connectivity index (χ4v) is 1.97. The number of halogens is 1. The van der Waals surface area contributed by atoms with E-state index in [1.54, 1.807) is 0 Å². The Morgan fingerprint density at radius 3 is 2.82 bits per heavy atom. The molecule has 3 aromatic rings. The summed E-state index contributed by atoms with van der Waals surface area (Å²) in [6, 6.07) is 13.5. The molecule has 0 aliphatic carbocycles. The molecule has 2 aromatic carbocycles. The SMILES string of the molecule is Cc1ccc2oc(-c3cccc(Cl)c3)nc2c1. The first kappa shape index (κ1) is 10.4. The molecule has 84 valence electrons. The van der Waals surface area contributed by atoms with Gasteiger partial charge in [-0.25, -0.2) is 4.98 Å². The molecule has 0 radical (unpaired) electrons. The monoisotopic (exact) mass is 243 g/mol. The Morgan fingerprint density at radius 1 is 1.12 bits per heavy atom. The van der Waals surface area contributed by atoms with Crippen molar-refractivity contribution in [3.05, 3.63) is 53.1 Å². The van der Waals surface area contributed by atoms with Gasteiger partial charge in [0.2, 0.25) is 5.89 Å². The van der Waals surface area contributed by atoms with Crippen molar-refractivity contribution in [2.24, 2.45) is 0 Å². The average molecular weight is 244 g/mol. The molecule has 0 aliphatic rings. The number of hydrogen-bond acceptors (Lipinski definition) is 2. The molecule has 1 aromatic heterocycles. The van der Waals surface area contributed by atoms with Gasteiger partial charge < -0.3 is 4.42 Å². The Balaban J connectivity index is 2.18. The first-order chi connectivity index (χ1) is 8.22. The van der Waals surface area contributed by atoms with Gasteiger partial charge in [-0.15, -0.1) is 0 Å². The fraction of sp³-hybridized carbons (Fsp3) is 0.0714. The highest BCUT2D eigenvalue weighted by Gasteiger charge is 2.08. The molecule has 2 nitrogen and oxygen atoms in total. The van der Waals surface area contributed by atoms with E-state index in [0.29, 0.717) is 10.9 Å². The van der Waals surface area contributed by atoms with Gasteiger partial charge in [-0.05, 0) is 42.8 Å². The Kier molecular flexibility index (Phi) is 2.37. The second kappa shape index (κ2) is 3.90. The van der Waals surface area contributed by atoms with Crippen molar-refractivity contribution in [1.29, 1.82) is 0 Å². The van der Waals surface area contributed by atoms with Crippen LogP contribution in [0.4, 0.5) is 0 Å². The molecule has 0 atom stereocenters. The van der Waals surface area contributed by atoms with Gasteiger partial charge in [0.15, 0.2) is 5.58 Å². The van der Waals surface area contributed by atoms with Gasteiger partial charge in [0.05, 0.1) is 0 Å². The zero-order valence-electron chi connectivity index (χ0n) is 9.27. The summed E-state index contributed by atoms with van der Waals surface area (Å²) in [6.07, 6.45) is 0. The number of benzene rings is 2. The Hall–Kier alpha value is -1.80. The number of hydrogen-bond donors (Lipinski definition) is 0. The van der Waals surface area contributed by atoms with Crippen LogP contribution in [0.3, 0.4) is 0 Å². The Bertz CT molecular complexity index is 688. The highest BCUT2D eigenvalue weighted by atomic mass is 35.5. The number of aromatic nitrogens is 1. The molecule has 1 heterocycles. The predicted octanol–water partition coefficient (Wildman–Crippen LogP) is 4.46. The largest absolute Gasteiger partial charge is 0.436 e. The van der Waals surface area contributed by atoms with E-state index in [9.17, 15) is 0 Å². The summed E-state index contributed by atoms with van der Waals surface area (Å²) in [5.41, 5.74) is 3.74. The highest BCUT2D eigenvalue weighted by Crippen LogP contribution is 2.26. The predicted molar refractivity (Wildman–Crippen MR) is 69.2 cm³/mol. The van der Waals surface area contributed by atoms with Crippen LogP contribution in [0.15, 0.2) is 46.9 Å². The molecule has 0 unspecified atom stereocenters. The van der Waals surface area contributed by atoms with Crippen LogP contribution in [0, 0.1) is 6.92 Å². The molecular weight excluding hydrogens is 234 g/mol.